The van der Waals surface area contributed by atoms with Crippen molar-refractivity contribution in [2.75, 3.05) is 13.7 Å². The fraction of sp³-hybridized carbons (Fsp3) is 0.522. The number of alkyl halides is 3. The molecule has 1 unspecified atom stereocenters. The van der Waals surface area contributed by atoms with E-state index in [-0.39, 0.29) is 31.6 Å². The number of aliphatic hydroxyl groups is 1. The fourth-order valence-corrected chi connectivity index (χ4v) is 6.56. The molecule has 0 bridgehead atoms. The molecule has 4 rings (SSSR count). The van der Waals surface area contributed by atoms with Crippen LogP contribution in [0, 0.1) is 17.2 Å². The lowest BCUT2D eigenvalue weighted by atomic mass is 10.0. The number of hydrogen-bond donors (Lipinski definition) is 2. The van der Waals surface area contributed by atoms with Crippen LogP contribution in [0.5, 0.6) is 0 Å². The fourth-order valence-electron chi connectivity index (χ4n) is 4.56. The van der Waals surface area contributed by atoms with E-state index in [1.807, 2.05) is 6.07 Å². The first-order valence-corrected chi connectivity index (χ1v) is 12.8. The third-order valence-corrected chi connectivity index (χ3v) is 8.98. The molecular formula is C23H25F3N4O5S. The van der Waals surface area contributed by atoms with Crippen LogP contribution in [0.1, 0.15) is 31.2 Å². The van der Waals surface area contributed by atoms with Crippen LogP contribution in [-0.2, 0) is 32.1 Å². The zero-order chi connectivity index (χ0) is 26.3. The minimum atomic E-state index is -4.96. The Balaban J connectivity index is 1.64. The first kappa shape index (κ1) is 26.1. The van der Waals surface area contributed by atoms with E-state index in [2.05, 4.69) is 10.4 Å². The monoisotopic (exact) mass is 526 g/mol. The molecular weight excluding hydrogens is 501 g/mol. The number of ether oxygens (including phenoxy) is 1. The van der Waals surface area contributed by atoms with Gasteiger partial charge >= 0.3 is 6.18 Å². The average Bonchev–Trinajstić information content (AvgIpc) is 3.23. The predicted molar refractivity (Wildman–Crippen MR) is 120 cm³/mol. The lowest BCUT2D eigenvalue weighted by molar-refractivity contribution is -0.139. The Hall–Kier alpha value is -2.95. The first-order valence-electron chi connectivity index (χ1n) is 11.3. The quantitative estimate of drug-likeness (QED) is 0.539. The highest BCUT2D eigenvalue weighted by Crippen LogP contribution is 2.43. The summed E-state index contributed by atoms with van der Waals surface area (Å²) in [5.41, 5.74) is -1.81. The van der Waals surface area contributed by atoms with Crippen molar-refractivity contribution < 1.29 is 36.2 Å². The van der Waals surface area contributed by atoms with Crippen LogP contribution in [0.2, 0.25) is 0 Å². The molecule has 2 fully saturated rings. The minimum Gasteiger partial charge on any atom is -0.394 e. The van der Waals surface area contributed by atoms with Gasteiger partial charge in [-0.05, 0) is 43.4 Å². The van der Waals surface area contributed by atoms with Gasteiger partial charge in [-0.25, -0.2) is 8.42 Å². The standard InChI is InChI=1S/C23H25F3N4O5S/c1-35-19-10-16(9-17(19)21(32)29-22(13-27)4-5-22)36(33,34)20-3-2-14(8-18(20)23(24,25)26)15-11-28-30(12-15)6-7-31/h2-3,8,11-12,16-17,19,31H,4-7,9-10H2,1H3,(H,29,32)/t16-,17?,19-/m0/s1. The molecule has 13 heteroatoms. The molecule has 2 saturated carbocycles. The Kier molecular flexibility index (Phi) is 6.89. The number of nitriles is 1. The lowest BCUT2D eigenvalue weighted by Crippen LogP contribution is -2.42. The van der Waals surface area contributed by atoms with Crippen molar-refractivity contribution in [3.8, 4) is 17.2 Å². The van der Waals surface area contributed by atoms with Crippen molar-refractivity contribution in [2.24, 2.45) is 5.92 Å². The largest absolute Gasteiger partial charge is 0.417 e. The molecule has 0 saturated heterocycles. The van der Waals surface area contributed by atoms with Gasteiger partial charge in [0.25, 0.3) is 0 Å². The van der Waals surface area contributed by atoms with Gasteiger partial charge < -0.3 is 15.2 Å². The van der Waals surface area contributed by atoms with E-state index in [1.54, 1.807) is 0 Å². The van der Waals surface area contributed by atoms with Gasteiger partial charge in [0, 0.05) is 18.9 Å². The molecule has 1 amide bonds. The summed E-state index contributed by atoms with van der Waals surface area (Å²) in [6.45, 7) is -0.0440. The number of hydrogen-bond acceptors (Lipinski definition) is 7. The van der Waals surface area contributed by atoms with Gasteiger partial charge in [0.2, 0.25) is 5.91 Å². The van der Waals surface area contributed by atoms with E-state index in [0.29, 0.717) is 18.4 Å². The highest BCUT2D eigenvalue weighted by Gasteiger charge is 2.51. The molecule has 0 spiro atoms. The Bertz CT molecular complexity index is 1300. The molecule has 2 aliphatic carbocycles. The van der Waals surface area contributed by atoms with E-state index >= 15 is 0 Å². The molecule has 0 radical (unpaired) electrons. The van der Waals surface area contributed by atoms with Crippen LogP contribution in [-0.4, -0.2) is 59.8 Å². The van der Waals surface area contributed by atoms with E-state index < -0.39 is 55.2 Å². The Morgan fingerprint density at radius 3 is 2.64 bits per heavy atom. The number of aromatic nitrogens is 2. The minimum absolute atomic E-state index is 0.121. The topological polar surface area (TPSA) is 134 Å². The molecule has 9 nitrogen and oxygen atoms in total. The molecule has 1 aromatic heterocycles. The maximum atomic E-state index is 14.0. The average molecular weight is 527 g/mol. The van der Waals surface area contributed by atoms with Gasteiger partial charge in [0.1, 0.15) is 5.54 Å². The lowest BCUT2D eigenvalue weighted by Gasteiger charge is -2.19. The number of sulfone groups is 1. The maximum Gasteiger partial charge on any atom is 0.417 e. The summed E-state index contributed by atoms with van der Waals surface area (Å²) in [6.07, 6.45) is -2.38. The van der Waals surface area contributed by atoms with Crippen LogP contribution in [0.15, 0.2) is 35.5 Å². The Morgan fingerprint density at radius 2 is 2.06 bits per heavy atom. The third kappa shape index (κ3) is 4.98. The second kappa shape index (κ2) is 9.49. The number of nitrogens with zero attached hydrogens (tertiary/aromatic N) is 3. The summed E-state index contributed by atoms with van der Waals surface area (Å²) in [4.78, 5) is 11.9. The van der Waals surface area contributed by atoms with Crippen molar-refractivity contribution in [3.63, 3.8) is 0 Å². The van der Waals surface area contributed by atoms with Crippen LogP contribution in [0.25, 0.3) is 11.1 Å². The predicted octanol–water partition coefficient (Wildman–Crippen LogP) is 2.30. The first-order chi connectivity index (χ1) is 16.9. The van der Waals surface area contributed by atoms with Crippen LogP contribution in [0.3, 0.4) is 0 Å². The highest BCUT2D eigenvalue weighted by atomic mass is 32.2. The van der Waals surface area contributed by atoms with Crippen LogP contribution in [0.4, 0.5) is 13.2 Å². The molecule has 2 N–H and O–H groups in total. The summed E-state index contributed by atoms with van der Waals surface area (Å²) in [6, 6.07) is 5.00. The van der Waals surface area contributed by atoms with Crippen molar-refractivity contribution in [3.05, 3.63) is 36.2 Å². The summed E-state index contributed by atoms with van der Waals surface area (Å²) in [5.74, 6) is -1.45. The van der Waals surface area contributed by atoms with Crippen molar-refractivity contribution in [1.29, 1.82) is 5.26 Å². The van der Waals surface area contributed by atoms with Crippen LogP contribution < -0.4 is 5.32 Å². The maximum absolute atomic E-state index is 14.0. The summed E-state index contributed by atoms with van der Waals surface area (Å²) < 4.78 is 75.6. The zero-order valence-corrected chi connectivity index (χ0v) is 20.1. The van der Waals surface area contributed by atoms with Crippen LogP contribution >= 0.6 is 0 Å². The molecule has 1 heterocycles. The van der Waals surface area contributed by atoms with E-state index in [1.165, 1.54) is 30.3 Å². The summed E-state index contributed by atoms with van der Waals surface area (Å²) >= 11 is 0. The number of carbonyl (C=O) groups is 1. The molecule has 0 aliphatic heterocycles. The second-order valence-corrected chi connectivity index (χ2v) is 11.3. The number of aliphatic hydroxyl groups excluding tert-OH is 1. The molecule has 36 heavy (non-hydrogen) atoms. The van der Waals surface area contributed by atoms with E-state index in [0.717, 1.165) is 12.1 Å². The van der Waals surface area contributed by atoms with Gasteiger partial charge in [0.05, 0.1) is 53.1 Å². The van der Waals surface area contributed by atoms with Crippen molar-refractivity contribution in [1.82, 2.24) is 15.1 Å². The molecule has 2 aliphatic rings. The number of amides is 1. The number of halogens is 3. The molecule has 2 aromatic rings. The van der Waals surface area contributed by atoms with E-state index in [9.17, 15) is 31.6 Å². The third-order valence-electron chi connectivity index (χ3n) is 6.75. The Labute approximate surface area is 205 Å². The zero-order valence-electron chi connectivity index (χ0n) is 19.3. The molecule has 3 atom stereocenters. The van der Waals surface area contributed by atoms with Gasteiger partial charge in [-0.2, -0.15) is 23.5 Å². The number of nitrogens with one attached hydrogen (secondary N) is 1. The Morgan fingerprint density at radius 1 is 1.33 bits per heavy atom. The number of carbonyl (C=O) groups excluding carboxylic acids is 1. The molecule has 194 valence electrons. The number of rotatable bonds is 8. The van der Waals surface area contributed by atoms with Crippen molar-refractivity contribution in [2.45, 2.75) is 60.2 Å². The van der Waals surface area contributed by atoms with E-state index in [4.69, 9.17) is 9.84 Å². The SMILES string of the molecule is CO[C@H]1C[C@@H](S(=O)(=O)c2ccc(-c3cnn(CCO)c3)cc2C(F)(F)F)CC1C(=O)NC1(C#N)CC1. The summed E-state index contributed by atoms with van der Waals surface area (Å²) in [5, 5.41) is 23.6. The van der Waals surface area contributed by atoms with Gasteiger partial charge in [-0.3, -0.25) is 9.48 Å². The number of methoxy groups -OCH3 is 1. The summed E-state index contributed by atoms with van der Waals surface area (Å²) in [7, 11) is -3.19. The van der Waals surface area contributed by atoms with Gasteiger partial charge in [-0.1, -0.05) is 6.07 Å². The normalized spacial score (nSPS) is 23.3. The van der Waals surface area contributed by atoms with Gasteiger partial charge in [-0.15, -0.1) is 0 Å². The second-order valence-electron chi connectivity index (χ2n) is 9.13. The van der Waals surface area contributed by atoms with Crippen molar-refractivity contribution >= 4 is 15.7 Å². The number of benzene rings is 1. The highest BCUT2D eigenvalue weighted by molar-refractivity contribution is 7.92. The smallest absolute Gasteiger partial charge is 0.394 e. The molecule has 1 aromatic carbocycles. The van der Waals surface area contributed by atoms with Gasteiger partial charge in [0.15, 0.2) is 9.84 Å².